The fourth-order valence-corrected chi connectivity index (χ4v) is 0.733. The Morgan fingerprint density at radius 1 is 1.09 bits per heavy atom. The molecule has 0 aliphatic carbocycles. The van der Waals surface area contributed by atoms with Crippen LogP contribution in [0.15, 0.2) is 17.3 Å². The molecule has 0 fully saturated rings. The molecule has 0 aliphatic rings. The first-order chi connectivity index (χ1) is 5.41. The van der Waals surface area contributed by atoms with E-state index < -0.39 is 0 Å². The number of unbranched alkanes of at least 4 members (excludes halogenated alkanes) is 3. The van der Waals surface area contributed by atoms with Gasteiger partial charge in [-0.15, -0.1) is 0 Å². The average molecular weight is 153 g/mol. The summed E-state index contributed by atoms with van der Waals surface area (Å²) in [6, 6.07) is 0. The SMILES string of the molecule is CCCC=CN=CCCCC. The lowest BCUT2D eigenvalue weighted by Crippen LogP contribution is -1.72. The van der Waals surface area contributed by atoms with E-state index in [-0.39, 0.29) is 0 Å². The Hall–Kier alpha value is -0.590. The molecule has 0 aromatic rings. The van der Waals surface area contributed by atoms with E-state index in [1.54, 1.807) is 0 Å². The number of allylic oxidation sites excluding steroid dienone is 1. The molecule has 64 valence electrons. The van der Waals surface area contributed by atoms with Crippen LogP contribution in [0.2, 0.25) is 0 Å². The van der Waals surface area contributed by atoms with E-state index in [4.69, 9.17) is 0 Å². The fraction of sp³-hybridized carbons (Fsp3) is 0.700. The predicted octanol–water partition coefficient (Wildman–Crippen LogP) is 3.56. The molecule has 0 saturated carbocycles. The van der Waals surface area contributed by atoms with E-state index in [0.717, 1.165) is 12.8 Å². The molecule has 0 heterocycles. The second kappa shape index (κ2) is 9.41. The van der Waals surface area contributed by atoms with Gasteiger partial charge < -0.3 is 0 Å². The Kier molecular flexibility index (Phi) is 8.91. The Morgan fingerprint density at radius 2 is 1.91 bits per heavy atom. The molecular formula is C10H19N. The summed E-state index contributed by atoms with van der Waals surface area (Å²) in [6.07, 6.45) is 12.0. The Balaban J connectivity index is 3.14. The van der Waals surface area contributed by atoms with Crippen molar-refractivity contribution < 1.29 is 0 Å². The molecule has 0 unspecified atom stereocenters. The maximum absolute atomic E-state index is 4.14. The molecule has 0 radical (unpaired) electrons. The second-order valence-electron chi connectivity index (χ2n) is 2.65. The van der Waals surface area contributed by atoms with Gasteiger partial charge in [-0.25, -0.2) is 0 Å². The lowest BCUT2D eigenvalue weighted by molar-refractivity contribution is 0.842. The van der Waals surface area contributed by atoms with Gasteiger partial charge >= 0.3 is 0 Å². The molecule has 0 saturated heterocycles. The number of hydrogen-bond donors (Lipinski definition) is 0. The smallest absolute Gasteiger partial charge is 0.0223 e. The zero-order valence-corrected chi connectivity index (χ0v) is 7.71. The van der Waals surface area contributed by atoms with Gasteiger partial charge in [-0.2, -0.15) is 0 Å². The highest BCUT2D eigenvalue weighted by atomic mass is 14.7. The second-order valence-corrected chi connectivity index (χ2v) is 2.65. The predicted molar refractivity (Wildman–Crippen MR) is 52.1 cm³/mol. The van der Waals surface area contributed by atoms with Crippen molar-refractivity contribution in [3.8, 4) is 0 Å². The molecule has 0 aliphatic heterocycles. The standard InChI is InChI=1S/C10H19N/c1-3-5-7-9-11-10-8-6-4-2/h7,9-10H,3-6,8H2,1-2H3. The summed E-state index contributed by atoms with van der Waals surface area (Å²) in [6.45, 7) is 4.37. The van der Waals surface area contributed by atoms with Gasteiger partial charge in [0.1, 0.15) is 0 Å². The normalized spacial score (nSPS) is 11.8. The van der Waals surface area contributed by atoms with Crippen molar-refractivity contribution in [3.05, 3.63) is 12.3 Å². The Morgan fingerprint density at radius 3 is 2.55 bits per heavy atom. The molecular weight excluding hydrogens is 134 g/mol. The summed E-state index contributed by atoms with van der Waals surface area (Å²) in [5, 5.41) is 0. The summed E-state index contributed by atoms with van der Waals surface area (Å²) >= 11 is 0. The zero-order valence-electron chi connectivity index (χ0n) is 7.71. The maximum Gasteiger partial charge on any atom is 0.0223 e. The summed E-state index contributed by atoms with van der Waals surface area (Å²) in [5.74, 6) is 0. The van der Waals surface area contributed by atoms with Gasteiger partial charge in [0, 0.05) is 12.4 Å². The quantitative estimate of drug-likeness (QED) is 0.408. The van der Waals surface area contributed by atoms with Gasteiger partial charge in [0.15, 0.2) is 0 Å². The number of nitrogens with zero attached hydrogens (tertiary/aromatic N) is 1. The molecule has 1 nitrogen and oxygen atoms in total. The van der Waals surface area contributed by atoms with Crippen LogP contribution in [0, 0.1) is 0 Å². The van der Waals surface area contributed by atoms with E-state index in [9.17, 15) is 0 Å². The van der Waals surface area contributed by atoms with E-state index in [0.29, 0.717) is 0 Å². The van der Waals surface area contributed by atoms with E-state index in [1.807, 2.05) is 12.4 Å². The van der Waals surface area contributed by atoms with Crippen molar-refractivity contribution in [1.29, 1.82) is 0 Å². The van der Waals surface area contributed by atoms with Crippen LogP contribution in [0.4, 0.5) is 0 Å². The van der Waals surface area contributed by atoms with Gasteiger partial charge in [0.05, 0.1) is 0 Å². The van der Waals surface area contributed by atoms with Gasteiger partial charge in [0.25, 0.3) is 0 Å². The molecule has 0 amide bonds. The molecule has 0 N–H and O–H groups in total. The molecule has 1 heteroatoms. The van der Waals surface area contributed by atoms with Crippen molar-refractivity contribution >= 4 is 6.21 Å². The lowest BCUT2D eigenvalue weighted by atomic mass is 10.3. The van der Waals surface area contributed by atoms with Crippen molar-refractivity contribution in [1.82, 2.24) is 0 Å². The van der Waals surface area contributed by atoms with Gasteiger partial charge in [-0.05, 0) is 19.3 Å². The van der Waals surface area contributed by atoms with E-state index in [1.165, 1.54) is 19.3 Å². The molecule has 0 rings (SSSR count). The third-order valence-corrected chi connectivity index (χ3v) is 1.44. The Labute approximate surface area is 70.2 Å². The third kappa shape index (κ3) is 9.41. The first-order valence-corrected chi connectivity index (χ1v) is 4.58. The third-order valence-electron chi connectivity index (χ3n) is 1.44. The number of aliphatic imine (C=N–C) groups is 1. The first-order valence-electron chi connectivity index (χ1n) is 4.58. The minimum absolute atomic E-state index is 1.12. The maximum atomic E-state index is 4.14. The number of rotatable bonds is 6. The summed E-state index contributed by atoms with van der Waals surface area (Å²) < 4.78 is 0. The van der Waals surface area contributed by atoms with Gasteiger partial charge in [-0.3, -0.25) is 4.99 Å². The minimum atomic E-state index is 1.12. The topological polar surface area (TPSA) is 12.4 Å². The van der Waals surface area contributed by atoms with Crippen LogP contribution in [0.25, 0.3) is 0 Å². The van der Waals surface area contributed by atoms with Crippen LogP contribution in [-0.4, -0.2) is 6.21 Å². The lowest BCUT2D eigenvalue weighted by Gasteiger charge is -1.85. The highest BCUT2D eigenvalue weighted by Gasteiger charge is 1.76. The van der Waals surface area contributed by atoms with E-state index in [2.05, 4.69) is 24.9 Å². The van der Waals surface area contributed by atoms with Crippen LogP contribution >= 0.6 is 0 Å². The van der Waals surface area contributed by atoms with Gasteiger partial charge in [0.2, 0.25) is 0 Å². The zero-order chi connectivity index (χ0) is 8.36. The summed E-state index contributed by atoms with van der Waals surface area (Å²) in [4.78, 5) is 4.14. The minimum Gasteiger partial charge on any atom is -0.269 e. The Bertz CT molecular complexity index is 114. The fourth-order valence-electron chi connectivity index (χ4n) is 0.733. The molecule has 0 atom stereocenters. The summed E-state index contributed by atoms with van der Waals surface area (Å²) in [5.41, 5.74) is 0. The first kappa shape index (κ1) is 10.4. The molecule has 0 aromatic carbocycles. The number of hydrogen-bond acceptors (Lipinski definition) is 1. The highest BCUT2D eigenvalue weighted by Crippen LogP contribution is 1.91. The molecule has 0 bridgehead atoms. The van der Waals surface area contributed by atoms with Crippen molar-refractivity contribution in [3.63, 3.8) is 0 Å². The van der Waals surface area contributed by atoms with Gasteiger partial charge in [-0.1, -0.05) is 32.8 Å². The molecule has 0 spiro atoms. The monoisotopic (exact) mass is 153 g/mol. The van der Waals surface area contributed by atoms with Crippen LogP contribution < -0.4 is 0 Å². The molecule has 0 aromatic heterocycles. The molecule has 11 heavy (non-hydrogen) atoms. The summed E-state index contributed by atoms with van der Waals surface area (Å²) in [7, 11) is 0. The van der Waals surface area contributed by atoms with Crippen molar-refractivity contribution in [2.45, 2.75) is 46.0 Å². The van der Waals surface area contributed by atoms with Crippen molar-refractivity contribution in [2.24, 2.45) is 4.99 Å². The van der Waals surface area contributed by atoms with Crippen LogP contribution in [-0.2, 0) is 0 Å². The van der Waals surface area contributed by atoms with Crippen LogP contribution in [0.5, 0.6) is 0 Å². The highest BCUT2D eigenvalue weighted by molar-refractivity contribution is 5.57. The largest absolute Gasteiger partial charge is 0.269 e. The van der Waals surface area contributed by atoms with Crippen LogP contribution in [0.3, 0.4) is 0 Å². The van der Waals surface area contributed by atoms with E-state index >= 15 is 0 Å². The average Bonchev–Trinajstić information content (AvgIpc) is 2.03. The van der Waals surface area contributed by atoms with Crippen LogP contribution in [0.1, 0.15) is 46.0 Å². The van der Waals surface area contributed by atoms with Crippen molar-refractivity contribution in [2.75, 3.05) is 0 Å².